The van der Waals surface area contributed by atoms with Crippen molar-refractivity contribution in [2.75, 3.05) is 4.90 Å². The SMILES string of the molecule is c1ccc(-c2cccc(N(c3ccc(-c4ccc(-c5ccc6c(ccc7c8ccccc8ccc67)c5)c5ccccc45)cc3)c3ccccc3-c3ccccc3)c2)cc1. The summed E-state index contributed by atoms with van der Waals surface area (Å²) in [5.74, 6) is 0. The van der Waals surface area contributed by atoms with Crippen LogP contribution in [0.2, 0.25) is 0 Å². The van der Waals surface area contributed by atoms with Gasteiger partial charge in [0, 0.05) is 16.9 Å². The lowest BCUT2D eigenvalue weighted by Crippen LogP contribution is -2.11. The molecule has 276 valence electrons. The highest BCUT2D eigenvalue weighted by molar-refractivity contribution is 6.18. The molecule has 0 aliphatic carbocycles. The molecule has 0 atom stereocenters. The molecule has 0 saturated carbocycles. The summed E-state index contributed by atoms with van der Waals surface area (Å²) in [5.41, 5.74) is 12.9. The number of hydrogen-bond donors (Lipinski definition) is 0. The van der Waals surface area contributed by atoms with Crippen LogP contribution >= 0.6 is 0 Å². The number of hydrogen-bond acceptors (Lipinski definition) is 1. The standard InChI is InChI=1S/C58H39N/c1-3-14-40(15-4-1)44-19-13-20-48(39-44)59(58-25-12-11-22-53(58)41-16-5-2-6-17-41)47-31-26-43(27-32-47)50-36-37-52(55-24-10-9-23-54(50)55)45-29-33-51-46(38-45)30-35-56-49-21-8-7-18-42(49)28-34-57(51)56/h1-39H. The van der Waals surface area contributed by atoms with Gasteiger partial charge >= 0.3 is 0 Å². The first kappa shape index (κ1) is 34.5. The number of para-hydroxylation sites is 1. The predicted octanol–water partition coefficient (Wildman–Crippen LogP) is 16.4. The molecule has 0 amide bonds. The molecule has 0 fully saturated rings. The van der Waals surface area contributed by atoms with E-state index in [2.05, 4.69) is 241 Å². The Hall–Kier alpha value is -7.74. The van der Waals surface area contributed by atoms with Gasteiger partial charge in [0.1, 0.15) is 0 Å². The van der Waals surface area contributed by atoms with Crippen LogP contribution in [0.3, 0.4) is 0 Å². The molecule has 0 aliphatic heterocycles. The lowest BCUT2D eigenvalue weighted by molar-refractivity contribution is 1.28. The van der Waals surface area contributed by atoms with Crippen molar-refractivity contribution >= 4 is 60.2 Å². The van der Waals surface area contributed by atoms with Crippen molar-refractivity contribution in [2.24, 2.45) is 0 Å². The van der Waals surface area contributed by atoms with Gasteiger partial charge in [-0.15, -0.1) is 0 Å². The first-order valence-electron chi connectivity index (χ1n) is 20.3. The van der Waals surface area contributed by atoms with E-state index in [1.165, 1.54) is 87.6 Å². The first-order chi connectivity index (χ1) is 29.3. The Kier molecular flexibility index (Phi) is 8.56. The molecule has 1 nitrogen and oxygen atoms in total. The van der Waals surface area contributed by atoms with Crippen molar-refractivity contribution in [2.45, 2.75) is 0 Å². The third kappa shape index (κ3) is 6.21. The van der Waals surface area contributed by atoms with Crippen LogP contribution in [0, 0.1) is 0 Å². The smallest absolute Gasteiger partial charge is 0.0540 e. The van der Waals surface area contributed by atoms with E-state index in [1.54, 1.807) is 0 Å². The summed E-state index contributed by atoms with van der Waals surface area (Å²) in [4.78, 5) is 2.39. The monoisotopic (exact) mass is 749 g/mol. The molecule has 1 heteroatoms. The van der Waals surface area contributed by atoms with Crippen molar-refractivity contribution < 1.29 is 0 Å². The van der Waals surface area contributed by atoms with E-state index >= 15 is 0 Å². The molecule has 0 heterocycles. The average molecular weight is 750 g/mol. The summed E-state index contributed by atoms with van der Waals surface area (Å²) >= 11 is 0. The Morgan fingerprint density at radius 2 is 0.746 bits per heavy atom. The highest BCUT2D eigenvalue weighted by Gasteiger charge is 2.19. The van der Waals surface area contributed by atoms with Crippen molar-refractivity contribution in [1.29, 1.82) is 0 Å². The minimum Gasteiger partial charge on any atom is -0.310 e. The highest BCUT2D eigenvalue weighted by atomic mass is 15.1. The van der Waals surface area contributed by atoms with Gasteiger partial charge in [0.25, 0.3) is 0 Å². The second-order valence-corrected chi connectivity index (χ2v) is 15.3. The van der Waals surface area contributed by atoms with Crippen molar-refractivity contribution in [1.82, 2.24) is 0 Å². The zero-order valence-electron chi connectivity index (χ0n) is 32.5. The molecule has 0 bridgehead atoms. The number of nitrogens with zero attached hydrogens (tertiary/aromatic N) is 1. The van der Waals surface area contributed by atoms with Crippen molar-refractivity contribution in [3.63, 3.8) is 0 Å². The lowest BCUT2D eigenvalue weighted by atomic mass is 9.90. The lowest BCUT2D eigenvalue weighted by Gasteiger charge is -2.28. The Bertz CT molecular complexity index is 3310. The van der Waals surface area contributed by atoms with Gasteiger partial charge in [-0.2, -0.15) is 0 Å². The fourth-order valence-corrected chi connectivity index (χ4v) is 9.00. The summed E-state index contributed by atoms with van der Waals surface area (Å²) in [7, 11) is 0. The Morgan fingerprint density at radius 1 is 0.220 bits per heavy atom. The van der Waals surface area contributed by atoms with Gasteiger partial charge in [0.2, 0.25) is 0 Å². The van der Waals surface area contributed by atoms with Crippen LogP contribution < -0.4 is 4.90 Å². The zero-order valence-corrected chi connectivity index (χ0v) is 32.5. The average Bonchev–Trinajstić information content (AvgIpc) is 3.32. The van der Waals surface area contributed by atoms with E-state index in [4.69, 9.17) is 0 Å². The Morgan fingerprint density at radius 3 is 1.49 bits per heavy atom. The van der Waals surface area contributed by atoms with E-state index < -0.39 is 0 Å². The number of anilines is 3. The van der Waals surface area contributed by atoms with Crippen molar-refractivity contribution in [3.8, 4) is 44.5 Å². The van der Waals surface area contributed by atoms with Crippen LogP contribution in [-0.4, -0.2) is 0 Å². The maximum Gasteiger partial charge on any atom is 0.0540 e. The first-order valence-corrected chi connectivity index (χ1v) is 20.3. The highest BCUT2D eigenvalue weighted by Crippen LogP contribution is 2.43. The van der Waals surface area contributed by atoms with Gasteiger partial charge in [-0.1, -0.05) is 200 Å². The van der Waals surface area contributed by atoms with Crippen LogP contribution in [0.25, 0.3) is 87.6 Å². The number of fused-ring (bicyclic) bond motifs is 6. The third-order valence-corrected chi connectivity index (χ3v) is 11.9. The summed E-state index contributed by atoms with van der Waals surface area (Å²) in [6.07, 6.45) is 0. The summed E-state index contributed by atoms with van der Waals surface area (Å²) in [6.45, 7) is 0. The van der Waals surface area contributed by atoms with Crippen LogP contribution in [0.1, 0.15) is 0 Å². The largest absolute Gasteiger partial charge is 0.310 e. The van der Waals surface area contributed by atoms with E-state index in [-0.39, 0.29) is 0 Å². The molecular weight excluding hydrogens is 711 g/mol. The van der Waals surface area contributed by atoms with Gasteiger partial charge in [-0.05, 0) is 118 Å². The molecule has 11 aromatic rings. The quantitative estimate of drug-likeness (QED) is 0.147. The van der Waals surface area contributed by atoms with Crippen LogP contribution in [0.5, 0.6) is 0 Å². The van der Waals surface area contributed by atoms with Crippen LogP contribution in [0.4, 0.5) is 17.1 Å². The van der Waals surface area contributed by atoms with Gasteiger partial charge < -0.3 is 4.90 Å². The van der Waals surface area contributed by atoms with Crippen molar-refractivity contribution in [3.05, 3.63) is 237 Å². The topological polar surface area (TPSA) is 3.24 Å². The predicted molar refractivity (Wildman–Crippen MR) is 253 cm³/mol. The molecule has 0 spiro atoms. The molecule has 0 aliphatic rings. The minimum atomic E-state index is 1.10. The van der Waals surface area contributed by atoms with E-state index in [1.807, 2.05) is 0 Å². The fraction of sp³-hybridized carbons (Fsp3) is 0. The van der Waals surface area contributed by atoms with Gasteiger partial charge in [0.15, 0.2) is 0 Å². The number of rotatable bonds is 7. The maximum absolute atomic E-state index is 2.39. The Balaban J connectivity index is 0.997. The van der Waals surface area contributed by atoms with E-state index in [0.29, 0.717) is 0 Å². The third-order valence-electron chi connectivity index (χ3n) is 11.9. The maximum atomic E-state index is 2.39. The molecule has 59 heavy (non-hydrogen) atoms. The molecule has 0 aromatic heterocycles. The number of benzene rings is 11. The fourth-order valence-electron chi connectivity index (χ4n) is 9.00. The molecule has 0 saturated heterocycles. The molecule has 0 radical (unpaired) electrons. The Labute approximate surface area is 344 Å². The molecule has 0 N–H and O–H groups in total. The van der Waals surface area contributed by atoms with E-state index in [9.17, 15) is 0 Å². The molecular formula is C58H39N. The van der Waals surface area contributed by atoms with Gasteiger partial charge in [0.05, 0.1) is 5.69 Å². The van der Waals surface area contributed by atoms with Crippen LogP contribution in [0.15, 0.2) is 237 Å². The summed E-state index contributed by atoms with van der Waals surface area (Å²) in [5, 5.41) is 10.2. The zero-order chi connectivity index (χ0) is 39.1. The van der Waals surface area contributed by atoms with E-state index in [0.717, 1.165) is 17.1 Å². The summed E-state index contributed by atoms with van der Waals surface area (Å²) in [6, 6.07) is 86.1. The molecule has 0 unspecified atom stereocenters. The second kappa shape index (κ2) is 14.6. The van der Waals surface area contributed by atoms with Crippen LogP contribution in [-0.2, 0) is 0 Å². The minimum absolute atomic E-state index is 1.10. The normalized spacial score (nSPS) is 11.4. The van der Waals surface area contributed by atoms with Gasteiger partial charge in [-0.25, -0.2) is 0 Å². The summed E-state index contributed by atoms with van der Waals surface area (Å²) < 4.78 is 0. The second-order valence-electron chi connectivity index (χ2n) is 15.3. The van der Waals surface area contributed by atoms with Gasteiger partial charge in [-0.3, -0.25) is 0 Å². The molecule has 11 rings (SSSR count). The molecule has 11 aromatic carbocycles.